The minimum Gasteiger partial charge on any atom is -0.349 e. The van der Waals surface area contributed by atoms with Crippen LogP contribution in [0.3, 0.4) is 0 Å². The lowest BCUT2D eigenvalue weighted by molar-refractivity contribution is -0.123. The summed E-state index contributed by atoms with van der Waals surface area (Å²) in [6.45, 7) is 7.61. The van der Waals surface area contributed by atoms with Crippen LogP contribution in [0.1, 0.15) is 48.4 Å². The lowest BCUT2D eigenvalue weighted by Crippen LogP contribution is -2.49. The van der Waals surface area contributed by atoms with Crippen molar-refractivity contribution in [3.8, 4) is 0 Å². The van der Waals surface area contributed by atoms with Crippen molar-refractivity contribution in [2.24, 2.45) is 0 Å². The number of anilines is 1. The van der Waals surface area contributed by atoms with E-state index in [1.807, 2.05) is 52.0 Å². The van der Waals surface area contributed by atoms with Crippen molar-refractivity contribution in [1.82, 2.24) is 19.9 Å². The van der Waals surface area contributed by atoms with Gasteiger partial charge in [-0.15, -0.1) is 5.10 Å². The zero-order chi connectivity index (χ0) is 21.0. The number of nitrogens with one attached hydrogen (secondary N) is 1. The van der Waals surface area contributed by atoms with Gasteiger partial charge < -0.3 is 5.32 Å². The summed E-state index contributed by atoms with van der Waals surface area (Å²) in [6.07, 6.45) is 3.22. The number of aryl methyl sites for hydroxylation is 1. The third-order valence-corrected chi connectivity index (χ3v) is 4.70. The molecule has 0 bridgehead atoms. The molecule has 7 nitrogen and oxygen atoms in total. The van der Waals surface area contributed by atoms with Gasteiger partial charge in [-0.25, -0.2) is 0 Å². The van der Waals surface area contributed by atoms with Crippen molar-refractivity contribution >= 4 is 29.0 Å². The number of para-hydroxylation sites is 1. The van der Waals surface area contributed by atoms with Crippen LogP contribution in [-0.2, 0) is 4.79 Å². The van der Waals surface area contributed by atoms with Gasteiger partial charge in [0.15, 0.2) is 5.69 Å². The second kappa shape index (κ2) is 8.48. The standard InChI is InChI=1S/C21H23N5O2S/c1-14-7-5-6-8-17(14)26(20(28)16-13-29-25-24-16)18(15-9-11-22-12-10-15)19(27)23-21(2,3)4/h5-13,18H,1-4H3,(H,23,27)/t18-/m0/s1. The predicted octanol–water partition coefficient (Wildman–Crippen LogP) is 3.54. The van der Waals surface area contributed by atoms with Crippen LogP contribution in [0.5, 0.6) is 0 Å². The van der Waals surface area contributed by atoms with E-state index in [9.17, 15) is 9.59 Å². The van der Waals surface area contributed by atoms with Crippen LogP contribution in [0.15, 0.2) is 54.2 Å². The Hall–Kier alpha value is -3.13. The molecule has 2 aromatic heterocycles. The fourth-order valence-electron chi connectivity index (χ4n) is 2.98. The van der Waals surface area contributed by atoms with Crippen molar-refractivity contribution in [3.05, 3.63) is 71.0 Å². The van der Waals surface area contributed by atoms with Crippen LogP contribution in [0.25, 0.3) is 0 Å². The molecule has 0 aliphatic heterocycles. The van der Waals surface area contributed by atoms with Gasteiger partial charge in [0.05, 0.1) is 0 Å². The number of benzene rings is 1. The van der Waals surface area contributed by atoms with Gasteiger partial charge in [-0.3, -0.25) is 19.5 Å². The number of hydrogen-bond acceptors (Lipinski definition) is 6. The quantitative estimate of drug-likeness (QED) is 0.696. The molecule has 3 aromatic rings. The van der Waals surface area contributed by atoms with E-state index in [1.54, 1.807) is 29.9 Å². The van der Waals surface area contributed by atoms with Gasteiger partial charge in [0.1, 0.15) is 6.04 Å². The van der Waals surface area contributed by atoms with Crippen molar-refractivity contribution in [1.29, 1.82) is 0 Å². The number of carbonyl (C=O) groups excluding carboxylic acids is 2. The molecule has 8 heteroatoms. The first-order valence-corrected chi connectivity index (χ1v) is 10.00. The van der Waals surface area contributed by atoms with Crippen LogP contribution in [0.4, 0.5) is 5.69 Å². The third kappa shape index (κ3) is 4.83. The fourth-order valence-corrected chi connectivity index (χ4v) is 3.41. The molecule has 29 heavy (non-hydrogen) atoms. The summed E-state index contributed by atoms with van der Waals surface area (Å²) < 4.78 is 3.81. The summed E-state index contributed by atoms with van der Waals surface area (Å²) >= 11 is 1.09. The zero-order valence-corrected chi connectivity index (χ0v) is 17.6. The molecular weight excluding hydrogens is 386 g/mol. The van der Waals surface area contributed by atoms with Crippen LogP contribution in [0.2, 0.25) is 0 Å². The number of amides is 2. The Balaban J connectivity index is 2.18. The highest BCUT2D eigenvalue weighted by Gasteiger charge is 2.36. The molecule has 0 radical (unpaired) electrons. The predicted molar refractivity (Wildman–Crippen MR) is 113 cm³/mol. The monoisotopic (exact) mass is 409 g/mol. The van der Waals surface area contributed by atoms with Crippen LogP contribution >= 0.6 is 11.5 Å². The second-order valence-corrected chi connectivity index (χ2v) is 8.28. The van der Waals surface area contributed by atoms with E-state index in [1.165, 1.54) is 4.90 Å². The molecule has 1 aromatic carbocycles. The molecule has 0 fully saturated rings. The minimum absolute atomic E-state index is 0.195. The summed E-state index contributed by atoms with van der Waals surface area (Å²) in [5.74, 6) is -0.678. The van der Waals surface area contributed by atoms with E-state index in [0.29, 0.717) is 11.3 Å². The largest absolute Gasteiger partial charge is 0.349 e. The van der Waals surface area contributed by atoms with Crippen molar-refractivity contribution in [2.45, 2.75) is 39.3 Å². The summed E-state index contributed by atoms with van der Waals surface area (Å²) in [6, 6.07) is 10.0. The van der Waals surface area contributed by atoms with Crippen molar-refractivity contribution in [3.63, 3.8) is 0 Å². The molecule has 0 aliphatic carbocycles. The molecular formula is C21H23N5O2S. The topological polar surface area (TPSA) is 88.1 Å². The number of nitrogens with zero attached hydrogens (tertiary/aromatic N) is 4. The number of pyridine rings is 1. The molecule has 0 aliphatic rings. The van der Waals surface area contributed by atoms with Crippen LogP contribution in [0, 0.1) is 6.92 Å². The average Bonchev–Trinajstić information content (AvgIpc) is 3.20. The molecule has 1 N–H and O–H groups in total. The van der Waals surface area contributed by atoms with E-state index in [2.05, 4.69) is 19.9 Å². The van der Waals surface area contributed by atoms with E-state index in [0.717, 1.165) is 17.1 Å². The lowest BCUT2D eigenvalue weighted by atomic mass is 10.0. The third-order valence-electron chi connectivity index (χ3n) is 4.20. The van der Waals surface area contributed by atoms with Gasteiger partial charge in [0.2, 0.25) is 5.91 Å². The summed E-state index contributed by atoms with van der Waals surface area (Å²) in [7, 11) is 0. The van der Waals surface area contributed by atoms with Crippen molar-refractivity contribution in [2.75, 3.05) is 4.90 Å². The highest BCUT2D eigenvalue weighted by Crippen LogP contribution is 2.32. The maximum absolute atomic E-state index is 13.5. The highest BCUT2D eigenvalue weighted by molar-refractivity contribution is 7.03. The van der Waals surface area contributed by atoms with Crippen LogP contribution in [-0.4, -0.2) is 31.9 Å². The van der Waals surface area contributed by atoms with Crippen molar-refractivity contribution < 1.29 is 9.59 Å². The average molecular weight is 410 g/mol. The number of rotatable bonds is 5. The molecule has 0 spiro atoms. The summed E-state index contributed by atoms with van der Waals surface area (Å²) in [5.41, 5.74) is 1.88. The van der Waals surface area contributed by atoms with E-state index in [-0.39, 0.29) is 17.5 Å². The molecule has 2 amide bonds. The second-order valence-electron chi connectivity index (χ2n) is 7.67. The smallest absolute Gasteiger partial charge is 0.280 e. The fraction of sp³-hybridized carbons (Fsp3) is 0.286. The molecule has 3 rings (SSSR count). The van der Waals surface area contributed by atoms with Gasteiger partial charge >= 0.3 is 0 Å². The maximum Gasteiger partial charge on any atom is 0.280 e. The van der Waals surface area contributed by atoms with Gasteiger partial charge in [0, 0.05) is 29.0 Å². The number of carbonyl (C=O) groups is 2. The Bertz CT molecular complexity index is 984. The summed E-state index contributed by atoms with van der Waals surface area (Å²) in [5, 5.41) is 8.52. The Kier molecular flexibility index (Phi) is 6.03. The van der Waals surface area contributed by atoms with Gasteiger partial charge in [-0.05, 0) is 68.6 Å². The molecule has 0 saturated carbocycles. The normalized spacial score (nSPS) is 12.3. The first-order valence-electron chi connectivity index (χ1n) is 9.16. The minimum atomic E-state index is -0.896. The molecule has 0 saturated heterocycles. The molecule has 2 heterocycles. The van der Waals surface area contributed by atoms with Crippen LogP contribution < -0.4 is 10.2 Å². The summed E-state index contributed by atoms with van der Waals surface area (Å²) in [4.78, 5) is 32.4. The Morgan fingerprint density at radius 2 is 1.79 bits per heavy atom. The van der Waals surface area contributed by atoms with Gasteiger partial charge in [-0.1, -0.05) is 22.7 Å². The highest BCUT2D eigenvalue weighted by atomic mass is 32.1. The maximum atomic E-state index is 13.5. The Morgan fingerprint density at radius 3 is 2.38 bits per heavy atom. The number of aromatic nitrogens is 3. The van der Waals surface area contributed by atoms with E-state index >= 15 is 0 Å². The molecule has 150 valence electrons. The van der Waals surface area contributed by atoms with E-state index in [4.69, 9.17) is 0 Å². The lowest BCUT2D eigenvalue weighted by Gasteiger charge is -2.34. The van der Waals surface area contributed by atoms with E-state index < -0.39 is 11.6 Å². The first kappa shape index (κ1) is 20.6. The van der Waals surface area contributed by atoms with Gasteiger partial charge in [-0.2, -0.15) is 0 Å². The van der Waals surface area contributed by atoms with Gasteiger partial charge in [0.25, 0.3) is 5.91 Å². The zero-order valence-electron chi connectivity index (χ0n) is 16.8. The molecule has 0 unspecified atom stereocenters. The first-order chi connectivity index (χ1) is 13.8. The SMILES string of the molecule is Cc1ccccc1N(C(=O)c1csnn1)[C@H](C(=O)NC(C)(C)C)c1ccncc1. The Morgan fingerprint density at radius 1 is 1.10 bits per heavy atom. The number of hydrogen-bond donors (Lipinski definition) is 1. The molecule has 1 atom stereocenters. The Labute approximate surface area is 174 Å².